The Kier molecular flexibility index (Phi) is 7.28. The van der Waals surface area contributed by atoms with Crippen molar-refractivity contribution in [3.05, 3.63) is 71.8 Å². The first-order valence-corrected chi connectivity index (χ1v) is 11.9. The first kappa shape index (κ1) is 25.2. The zero-order chi connectivity index (χ0) is 25.9. The number of nitrogens with zero attached hydrogens (tertiary/aromatic N) is 3. The summed E-state index contributed by atoms with van der Waals surface area (Å²) < 4.78 is 26.7. The molecule has 0 aliphatic carbocycles. The Morgan fingerprint density at radius 1 is 1.06 bits per heavy atom. The Labute approximate surface area is 210 Å². The van der Waals surface area contributed by atoms with Gasteiger partial charge in [-0.1, -0.05) is 12.1 Å². The molecule has 0 atom stereocenters. The van der Waals surface area contributed by atoms with Crippen molar-refractivity contribution in [1.82, 2.24) is 14.7 Å². The van der Waals surface area contributed by atoms with Crippen molar-refractivity contribution in [2.45, 2.75) is 45.1 Å². The van der Waals surface area contributed by atoms with E-state index in [2.05, 4.69) is 10.4 Å². The molecule has 1 aromatic heterocycles. The maximum atomic E-state index is 14.2. The van der Waals surface area contributed by atoms with Crippen LogP contribution in [-0.4, -0.2) is 52.5 Å². The van der Waals surface area contributed by atoms with E-state index in [1.807, 2.05) is 45.0 Å². The molecule has 0 bridgehead atoms. The third-order valence-corrected chi connectivity index (χ3v) is 6.02. The highest BCUT2D eigenvalue weighted by Crippen LogP contribution is 2.33. The molecule has 2 amide bonds. The number of methoxy groups -OCH3 is 1. The van der Waals surface area contributed by atoms with Crippen LogP contribution >= 0.6 is 0 Å². The first-order valence-electron chi connectivity index (χ1n) is 11.9. The van der Waals surface area contributed by atoms with Crippen LogP contribution in [0.25, 0.3) is 5.69 Å². The molecule has 1 aliphatic rings. The number of anilines is 1. The van der Waals surface area contributed by atoms with Gasteiger partial charge in [-0.3, -0.25) is 4.79 Å². The standard InChI is InChI=1S/C27H31FN4O4/c1-27(2,3)36-26(34)31-15-13-18(14-16-31)24-21(25(33)30-23-8-6-5-7-22(23)28)17-29-32(24)19-9-11-20(35-4)12-10-19/h5-12,17-18H,13-16H2,1-4H3,(H,30,33). The number of hydrogen-bond donors (Lipinski definition) is 1. The molecule has 3 aromatic rings. The highest BCUT2D eigenvalue weighted by molar-refractivity contribution is 6.05. The van der Waals surface area contributed by atoms with Crippen molar-refractivity contribution in [2.75, 3.05) is 25.5 Å². The van der Waals surface area contributed by atoms with Crippen LogP contribution in [0, 0.1) is 5.82 Å². The third kappa shape index (κ3) is 5.67. The Bertz CT molecular complexity index is 1230. The number of benzene rings is 2. The van der Waals surface area contributed by atoms with E-state index in [-0.39, 0.29) is 17.7 Å². The van der Waals surface area contributed by atoms with Gasteiger partial charge in [0.2, 0.25) is 0 Å². The molecule has 1 fully saturated rings. The Balaban J connectivity index is 1.62. The van der Waals surface area contributed by atoms with E-state index >= 15 is 0 Å². The van der Waals surface area contributed by atoms with Gasteiger partial charge in [0.1, 0.15) is 17.2 Å². The highest BCUT2D eigenvalue weighted by Gasteiger charge is 2.32. The number of likely N-dealkylation sites (tertiary alicyclic amines) is 1. The number of nitrogens with one attached hydrogen (secondary N) is 1. The lowest BCUT2D eigenvalue weighted by Gasteiger charge is -2.34. The lowest BCUT2D eigenvalue weighted by atomic mass is 9.90. The van der Waals surface area contributed by atoms with Crippen molar-refractivity contribution in [3.8, 4) is 11.4 Å². The summed E-state index contributed by atoms with van der Waals surface area (Å²) in [5, 5.41) is 7.19. The summed E-state index contributed by atoms with van der Waals surface area (Å²) in [4.78, 5) is 27.5. The molecule has 2 aromatic carbocycles. The Morgan fingerprint density at radius 2 is 1.72 bits per heavy atom. The van der Waals surface area contributed by atoms with Crippen LogP contribution < -0.4 is 10.1 Å². The molecule has 1 saturated heterocycles. The normalized spacial score (nSPS) is 14.4. The average molecular weight is 495 g/mol. The second-order valence-corrected chi connectivity index (χ2v) is 9.73. The fourth-order valence-electron chi connectivity index (χ4n) is 4.27. The number of para-hydroxylation sites is 1. The third-order valence-electron chi connectivity index (χ3n) is 6.02. The molecule has 0 unspecified atom stereocenters. The molecular weight excluding hydrogens is 463 g/mol. The van der Waals surface area contributed by atoms with Crippen LogP contribution in [0.3, 0.4) is 0 Å². The minimum Gasteiger partial charge on any atom is -0.497 e. The number of ether oxygens (including phenoxy) is 2. The van der Waals surface area contributed by atoms with Crippen molar-refractivity contribution < 1.29 is 23.5 Å². The van der Waals surface area contributed by atoms with E-state index in [0.717, 1.165) is 11.4 Å². The van der Waals surface area contributed by atoms with Gasteiger partial charge in [-0.15, -0.1) is 0 Å². The Morgan fingerprint density at radius 3 is 2.33 bits per heavy atom. The average Bonchev–Trinajstić information content (AvgIpc) is 3.30. The molecule has 1 N–H and O–H groups in total. The van der Waals surface area contributed by atoms with E-state index in [0.29, 0.717) is 37.2 Å². The predicted octanol–water partition coefficient (Wildman–Crippen LogP) is 5.39. The summed E-state index contributed by atoms with van der Waals surface area (Å²) in [6.45, 7) is 6.49. The number of amides is 2. The molecule has 0 spiro atoms. The van der Waals surface area contributed by atoms with Gasteiger partial charge in [-0.2, -0.15) is 5.10 Å². The maximum Gasteiger partial charge on any atom is 0.410 e. The monoisotopic (exact) mass is 494 g/mol. The van der Waals surface area contributed by atoms with Crippen molar-refractivity contribution in [1.29, 1.82) is 0 Å². The van der Waals surface area contributed by atoms with E-state index in [4.69, 9.17) is 9.47 Å². The molecular formula is C27H31FN4O4. The molecule has 190 valence electrons. The molecule has 4 rings (SSSR count). The van der Waals surface area contributed by atoms with Crippen molar-refractivity contribution in [3.63, 3.8) is 0 Å². The second-order valence-electron chi connectivity index (χ2n) is 9.73. The van der Waals surface area contributed by atoms with Gasteiger partial charge < -0.3 is 19.7 Å². The fraction of sp³-hybridized carbons (Fsp3) is 0.370. The van der Waals surface area contributed by atoms with Gasteiger partial charge >= 0.3 is 6.09 Å². The summed E-state index contributed by atoms with van der Waals surface area (Å²) in [5.74, 6) is -0.296. The first-order chi connectivity index (χ1) is 17.2. The van der Waals surface area contributed by atoms with Gasteiger partial charge in [0, 0.05) is 19.0 Å². The van der Waals surface area contributed by atoms with E-state index in [1.54, 1.807) is 28.8 Å². The van der Waals surface area contributed by atoms with Gasteiger partial charge in [-0.05, 0) is 70.0 Å². The molecule has 8 nitrogen and oxygen atoms in total. The van der Waals surface area contributed by atoms with Crippen LogP contribution in [0.2, 0.25) is 0 Å². The van der Waals surface area contributed by atoms with Crippen LogP contribution in [-0.2, 0) is 4.74 Å². The zero-order valence-corrected chi connectivity index (χ0v) is 21.0. The summed E-state index contributed by atoms with van der Waals surface area (Å²) in [5.41, 5.74) is 1.39. The van der Waals surface area contributed by atoms with Crippen LogP contribution in [0.1, 0.15) is 55.6 Å². The van der Waals surface area contributed by atoms with Crippen LogP contribution in [0.5, 0.6) is 5.75 Å². The number of rotatable bonds is 5. The van der Waals surface area contributed by atoms with Crippen LogP contribution in [0.15, 0.2) is 54.7 Å². The van der Waals surface area contributed by atoms with Crippen molar-refractivity contribution in [2.24, 2.45) is 0 Å². The van der Waals surface area contributed by atoms with Gasteiger partial charge in [0.05, 0.1) is 35.9 Å². The van der Waals surface area contributed by atoms with Gasteiger partial charge in [0.25, 0.3) is 5.91 Å². The molecule has 1 aliphatic heterocycles. The van der Waals surface area contributed by atoms with Crippen molar-refractivity contribution >= 4 is 17.7 Å². The Hall–Kier alpha value is -3.88. The lowest BCUT2D eigenvalue weighted by Crippen LogP contribution is -2.41. The van der Waals surface area contributed by atoms with E-state index in [1.165, 1.54) is 18.3 Å². The summed E-state index contributed by atoms with van der Waals surface area (Å²) in [6.07, 6.45) is 2.42. The highest BCUT2D eigenvalue weighted by atomic mass is 19.1. The molecule has 2 heterocycles. The molecule has 0 saturated carbocycles. The number of carbonyl (C=O) groups is 2. The number of piperidine rings is 1. The summed E-state index contributed by atoms with van der Waals surface area (Å²) >= 11 is 0. The minimum absolute atomic E-state index is 0.0466. The minimum atomic E-state index is -0.571. The topological polar surface area (TPSA) is 85.7 Å². The lowest BCUT2D eigenvalue weighted by molar-refractivity contribution is 0.0203. The van der Waals surface area contributed by atoms with Crippen LogP contribution in [0.4, 0.5) is 14.9 Å². The summed E-state index contributed by atoms with van der Waals surface area (Å²) in [6, 6.07) is 13.4. The van der Waals surface area contributed by atoms with Gasteiger partial charge in [0.15, 0.2) is 0 Å². The predicted molar refractivity (Wildman–Crippen MR) is 134 cm³/mol. The number of halogens is 1. The molecule has 0 radical (unpaired) electrons. The largest absolute Gasteiger partial charge is 0.497 e. The maximum absolute atomic E-state index is 14.2. The number of hydrogen-bond acceptors (Lipinski definition) is 5. The quantitative estimate of drug-likeness (QED) is 0.514. The van der Waals surface area contributed by atoms with Gasteiger partial charge in [-0.25, -0.2) is 13.9 Å². The number of aromatic nitrogens is 2. The smallest absolute Gasteiger partial charge is 0.410 e. The second kappa shape index (κ2) is 10.4. The number of carbonyl (C=O) groups excluding carboxylic acids is 2. The molecule has 36 heavy (non-hydrogen) atoms. The zero-order valence-electron chi connectivity index (χ0n) is 21.0. The van der Waals surface area contributed by atoms with E-state index < -0.39 is 17.3 Å². The summed E-state index contributed by atoms with van der Waals surface area (Å²) in [7, 11) is 1.60. The van der Waals surface area contributed by atoms with E-state index in [9.17, 15) is 14.0 Å². The SMILES string of the molecule is COc1ccc(-n2ncc(C(=O)Nc3ccccc3F)c2C2CCN(C(=O)OC(C)(C)C)CC2)cc1. The fourth-order valence-corrected chi connectivity index (χ4v) is 4.27. The molecule has 9 heteroatoms.